The summed E-state index contributed by atoms with van der Waals surface area (Å²) in [7, 11) is 0. The van der Waals surface area contributed by atoms with E-state index >= 15 is 0 Å². The molecule has 0 N–H and O–H groups in total. The number of hydrogen-bond acceptors (Lipinski definition) is 4. The average molecular weight is 450 g/mol. The van der Waals surface area contributed by atoms with Crippen molar-refractivity contribution in [1.29, 1.82) is 0 Å². The Morgan fingerprint density at radius 3 is 1.61 bits per heavy atom. The van der Waals surface area contributed by atoms with Crippen LogP contribution in [0, 0.1) is 0 Å². The van der Waals surface area contributed by atoms with Crippen LogP contribution in [0.1, 0.15) is 0 Å². The molecule has 18 heavy (non-hydrogen) atoms. The molecule has 0 radical (unpaired) electrons. The zero-order valence-electron chi connectivity index (χ0n) is 10.4. The molecule has 3 fully saturated rings. The van der Waals surface area contributed by atoms with Crippen molar-refractivity contribution >= 4 is 77.0 Å². The Labute approximate surface area is 141 Å². The van der Waals surface area contributed by atoms with Gasteiger partial charge in [0, 0.05) is 0 Å². The molecule has 4 unspecified atom stereocenters. The molecule has 3 heterocycles. The van der Waals surface area contributed by atoms with Crippen LogP contribution in [0.4, 0.5) is 0 Å². The van der Waals surface area contributed by atoms with Crippen molar-refractivity contribution in [3.8, 4) is 0 Å². The van der Waals surface area contributed by atoms with Crippen molar-refractivity contribution in [2.45, 2.75) is 30.8 Å². The standard InChI is InChI=1S/C12H20S4Se2/c1-2-18-12(8-14-4-10-6-16-10)11(17-1)7-13-3-9-5-15-9/h9-12H,1-8H2. The fourth-order valence-electron chi connectivity index (χ4n) is 1.88. The van der Waals surface area contributed by atoms with Crippen LogP contribution in [0.15, 0.2) is 0 Å². The van der Waals surface area contributed by atoms with E-state index in [9.17, 15) is 0 Å². The van der Waals surface area contributed by atoms with Gasteiger partial charge in [-0.3, -0.25) is 0 Å². The third kappa shape index (κ3) is 5.67. The van der Waals surface area contributed by atoms with E-state index in [-0.39, 0.29) is 0 Å². The quantitative estimate of drug-likeness (QED) is 0.410. The molecule has 4 atom stereocenters. The summed E-state index contributed by atoms with van der Waals surface area (Å²) in [5.74, 6) is 8.80. The topological polar surface area (TPSA) is 0 Å². The summed E-state index contributed by atoms with van der Waals surface area (Å²) in [5.41, 5.74) is 0. The first-order chi connectivity index (χ1) is 8.92. The second kappa shape index (κ2) is 8.17. The zero-order valence-corrected chi connectivity index (χ0v) is 17.1. The third-order valence-electron chi connectivity index (χ3n) is 3.14. The SMILES string of the molecule is C1C[Se]C(CSCC2CS2)C(CSCC2CS2)[Se]1. The Bertz CT molecular complexity index is 232. The van der Waals surface area contributed by atoms with E-state index in [2.05, 4.69) is 47.0 Å². The van der Waals surface area contributed by atoms with E-state index in [1.807, 2.05) is 0 Å². The minimum atomic E-state index is 0.975. The van der Waals surface area contributed by atoms with Crippen LogP contribution >= 0.6 is 47.0 Å². The van der Waals surface area contributed by atoms with E-state index in [0.29, 0.717) is 0 Å². The molecule has 3 rings (SSSR count). The summed E-state index contributed by atoms with van der Waals surface area (Å²) >= 11 is 10.8. The fourth-order valence-corrected chi connectivity index (χ4v) is 16.0. The second-order valence-electron chi connectivity index (χ2n) is 4.80. The third-order valence-corrected chi connectivity index (χ3v) is 16.8. The van der Waals surface area contributed by atoms with Gasteiger partial charge in [0.2, 0.25) is 0 Å². The van der Waals surface area contributed by atoms with Gasteiger partial charge in [-0.25, -0.2) is 0 Å². The summed E-state index contributed by atoms with van der Waals surface area (Å²) in [5, 5.41) is 5.26. The van der Waals surface area contributed by atoms with Crippen LogP contribution in [0.2, 0.25) is 20.3 Å². The first-order valence-corrected chi connectivity index (χ1v) is 15.3. The van der Waals surface area contributed by atoms with Gasteiger partial charge in [-0.15, -0.1) is 0 Å². The molecular formula is C12H20S4Se2. The van der Waals surface area contributed by atoms with Gasteiger partial charge < -0.3 is 0 Å². The van der Waals surface area contributed by atoms with Gasteiger partial charge in [0.15, 0.2) is 0 Å². The first kappa shape index (κ1) is 15.3. The normalized spacial score (nSPS) is 38.7. The summed E-state index contributed by atoms with van der Waals surface area (Å²) in [6, 6.07) is 0. The molecule has 3 aliphatic rings. The average Bonchev–Trinajstić information content (AvgIpc) is 3.25. The molecule has 0 amide bonds. The molecule has 0 nitrogen and oxygen atoms in total. The summed E-state index contributed by atoms with van der Waals surface area (Å²) in [6.45, 7) is 0. The zero-order chi connectivity index (χ0) is 12.2. The molecule has 0 aromatic rings. The molecule has 0 aromatic carbocycles. The summed E-state index contributed by atoms with van der Waals surface area (Å²) in [6.07, 6.45) is 0. The Morgan fingerprint density at radius 1 is 0.778 bits per heavy atom. The Hall–Kier alpha value is 2.44. The van der Waals surface area contributed by atoms with E-state index in [0.717, 1.165) is 50.0 Å². The molecular weight excluding hydrogens is 430 g/mol. The monoisotopic (exact) mass is 452 g/mol. The fraction of sp³-hybridized carbons (Fsp3) is 1.00. The Morgan fingerprint density at radius 2 is 1.22 bits per heavy atom. The van der Waals surface area contributed by atoms with Gasteiger partial charge in [0.05, 0.1) is 0 Å². The molecule has 0 bridgehead atoms. The van der Waals surface area contributed by atoms with Crippen molar-refractivity contribution in [1.82, 2.24) is 0 Å². The molecule has 3 aliphatic heterocycles. The molecule has 6 heteroatoms. The van der Waals surface area contributed by atoms with Crippen molar-refractivity contribution in [2.75, 3.05) is 34.5 Å². The molecule has 0 spiro atoms. The molecule has 104 valence electrons. The second-order valence-corrected chi connectivity index (χ2v) is 15.3. The van der Waals surface area contributed by atoms with Crippen LogP contribution in [0.5, 0.6) is 0 Å². The van der Waals surface area contributed by atoms with Gasteiger partial charge in [-0.05, 0) is 0 Å². The predicted octanol–water partition coefficient (Wildman–Crippen LogP) is 3.52. The van der Waals surface area contributed by atoms with Crippen molar-refractivity contribution in [3.63, 3.8) is 0 Å². The van der Waals surface area contributed by atoms with Gasteiger partial charge in [0.1, 0.15) is 0 Å². The van der Waals surface area contributed by atoms with Gasteiger partial charge in [-0.2, -0.15) is 0 Å². The van der Waals surface area contributed by atoms with E-state index < -0.39 is 0 Å². The van der Waals surface area contributed by atoms with E-state index in [4.69, 9.17) is 0 Å². The van der Waals surface area contributed by atoms with Crippen molar-refractivity contribution in [2.24, 2.45) is 0 Å². The van der Waals surface area contributed by atoms with E-state index in [1.165, 1.54) is 34.5 Å². The molecule has 0 saturated carbocycles. The van der Waals surface area contributed by atoms with Gasteiger partial charge >= 0.3 is 142 Å². The predicted molar refractivity (Wildman–Crippen MR) is 95.8 cm³/mol. The maximum absolute atomic E-state index is 2.28. The van der Waals surface area contributed by atoms with Crippen molar-refractivity contribution in [3.05, 3.63) is 0 Å². The van der Waals surface area contributed by atoms with Crippen LogP contribution in [0.3, 0.4) is 0 Å². The van der Waals surface area contributed by atoms with Crippen LogP contribution < -0.4 is 0 Å². The van der Waals surface area contributed by atoms with Crippen LogP contribution in [-0.4, -0.2) is 74.9 Å². The molecule has 0 aliphatic carbocycles. The summed E-state index contributed by atoms with van der Waals surface area (Å²) in [4.78, 5) is 2.28. The van der Waals surface area contributed by atoms with E-state index in [1.54, 1.807) is 10.6 Å². The van der Waals surface area contributed by atoms with Gasteiger partial charge in [0.25, 0.3) is 0 Å². The summed E-state index contributed by atoms with van der Waals surface area (Å²) < 4.78 is 0. The number of rotatable bonds is 8. The Balaban J connectivity index is 1.33. The van der Waals surface area contributed by atoms with Crippen LogP contribution in [-0.2, 0) is 0 Å². The maximum atomic E-state index is 2.28. The van der Waals surface area contributed by atoms with Crippen molar-refractivity contribution < 1.29 is 0 Å². The van der Waals surface area contributed by atoms with Crippen LogP contribution in [0.25, 0.3) is 0 Å². The minimum absolute atomic E-state index is 0.975. The molecule has 3 saturated heterocycles. The first-order valence-electron chi connectivity index (χ1n) is 6.54. The molecule has 0 aromatic heterocycles. The van der Waals surface area contributed by atoms with Gasteiger partial charge in [-0.1, -0.05) is 0 Å². The Kier molecular flexibility index (Phi) is 6.96. The number of hydrogen-bond donors (Lipinski definition) is 0. The number of thioether (sulfide) groups is 4.